The first-order valence-electron chi connectivity index (χ1n) is 6.78. The zero-order valence-corrected chi connectivity index (χ0v) is 13.7. The van der Waals surface area contributed by atoms with Gasteiger partial charge in [-0.1, -0.05) is 15.9 Å². The Hall–Kier alpha value is -0.780. The van der Waals surface area contributed by atoms with E-state index in [-0.39, 0.29) is 5.82 Å². The van der Waals surface area contributed by atoms with E-state index in [1.807, 2.05) is 7.05 Å². The molecule has 106 valence electrons. The zero-order chi connectivity index (χ0) is 14.1. The van der Waals surface area contributed by atoms with Crippen molar-refractivity contribution in [2.45, 2.75) is 25.2 Å². The number of aryl methyl sites for hydroxylation is 1. The molecular weight excluding hydrogens is 339 g/mol. The van der Waals surface area contributed by atoms with Gasteiger partial charge in [-0.2, -0.15) is 0 Å². The predicted molar refractivity (Wildman–Crippen MR) is 84.8 cm³/mol. The predicted octanol–water partition coefficient (Wildman–Crippen LogP) is 4.35. The highest BCUT2D eigenvalue weighted by Gasteiger charge is 2.25. The standard InChI is InChI=1S/C15H16BrFN2S/c1-18-8-9-3-2-4-13-14(9)19-15(20-13)11-7-10(17)5-6-12(11)16/h5-7,9,18H,2-4,8H2,1H3. The molecule has 0 aliphatic heterocycles. The van der Waals surface area contributed by atoms with E-state index in [9.17, 15) is 4.39 Å². The maximum absolute atomic E-state index is 13.5. The maximum atomic E-state index is 13.5. The minimum Gasteiger partial charge on any atom is -0.319 e. The molecule has 1 heterocycles. The van der Waals surface area contributed by atoms with Gasteiger partial charge in [0.15, 0.2) is 0 Å². The lowest BCUT2D eigenvalue weighted by Gasteiger charge is -2.20. The molecule has 0 bridgehead atoms. The molecule has 0 fully saturated rings. The maximum Gasteiger partial charge on any atom is 0.125 e. The van der Waals surface area contributed by atoms with Gasteiger partial charge in [-0.3, -0.25) is 0 Å². The fourth-order valence-corrected chi connectivity index (χ4v) is 4.51. The second kappa shape index (κ2) is 5.92. The van der Waals surface area contributed by atoms with Crippen LogP contribution in [0.4, 0.5) is 4.39 Å². The smallest absolute Gasteiger partial charge is 0.125 e. The summed E-state index contributed by atoms with van der Waals surface area (Å²) in [6.45, 7) is 0.959. The van der Waals surface area contributed by atoms with Crippen molar-refractivity contribution in [3.63, 3.8) is 0 Å². The molecule has 0 radical (unpaired) electrons. The summed E-state index contributed by atoms with van der Waals surface area (Å²) >= 11 is 5.20. The Bertz CT molecular complexity index is 626. The normalized spacial score (nSPS) is 18.1. The Morgan fingerprint density at radius 1 is 1.50 bits per heavy atom. The van der Waals surface area contributed by atoms with Crippen LogP contribution in [0.2, 0.25) is 0 Å². The van der Waals surface area contributed by atoms with Crippen LogP contribution in [0.1, 0.15) is 29.3 Å². The van der Waals surface area contributed by atoms with Gasteiger partial charge in [0.1, 0.15) is 10.8 Å². The number of fused-ring (bicyclic) bond motifs is 1. The van der Waals surface area contributed by atoms with Crippen LogP contribution in [-0.4, -0.2) is 18.6 Å². The molecule has 1 aliphatic carbocycles. The van der Waals surface area contributed by atoms with E-state index in [0.29, 0.717) is 5.92 Å². The minimum absolute atomic E-state index is 0.219. The van der Waals surface area contributed by atoms with Crippen molar-refractivity contribution in [2.75, 3.05) is 13.6 Å². The number of hydrogen-bond acceptors (Lipinski definition) is 3. The summed E-state index contributed by atoms with van der Waals surface area (Å²) in [4.78, 5) is 6.17. The lowest BCUT2D eigenvalue weighted by Crippen LogP contribution is -2.20. The lowest BCUT2D eigenvalue weighted by molar-refractivity contribution is 0.523. The summed E-state index contributed by atoms with van der Waals surface area (Å²) in [7, 11) is 1.98. The minimum atomic E-state index is -0.219. The summed E-state index contributed by atoms with van der Waals surface area (Å²) in [6, 6.07) is 4.77. The highest BCUT2D eigenvalue weighted by Crippen LogP contribution is 2.40. The molecule has 1 atom stereocenters. The van der Waals surface area contributed by atoms with Crippen molar-refractivity contribution in [3.05, 3.63) is 39.1 Å². The van der Waals surface area contributed by atoms with E-state index in [2.05, 4.69) is 21.2 Å². The lowest BCUT2D eigenvalue weighted by atomic mass is 9.91. The first kappa shape index (κ1) is 14.2. The second-order valence-corrected chi connectivity index (χ2v) is 7.04. The first-order valence-corrected chi connectivity index (χ1v) is 8.39. The van der Waals surface area contributed by atoms with E-state index >= 15 is 0 Å². The Balaban J connectivity index is 2.02. The molecule has 0 saturated carbocycles. The summed E-state index contributed by atoms with van der Waals surface area (Å²) < 4.78 is 14.4. The number of halogens is 2. The number of aromatic nitrogens is 1. The molecule has 0 saturated heterocycles. The number of rotatable bonds is 3. The number of thiazole rings is 1. The second-order valence-electron chi connectivity index (χ2n) is 5.10. The first-order chi connectivity index (χ1) is 9.69. The van der Waals surface area contributed by atoms with E-state index in [1.54, 1.807) is 23.5 Å². The Morgan fingerprint density at radius 3 is 3.15 bits per heavy atom. The molecule has 1 unspecified atom stereocenters. The van der Waals surface area contributed by atoms with Crippen LogP contribution in [0.15, 0.2) is 22.7 Å². The van der Waals surface area contributed by atoms with Crippen LogP contribution in [0.25, 0.3) is 10.6 Å². The summed E-state index contributed by atoms with van der Waals surface area (Å²) in [5.74, 6) is 0.268. The SMILES string of the molecule is CNCC1CCCc2sc(-c3cc(F)ccc3Br)nc21. The van der Waals surface area contributed by atoms with Crippen LogP contribution in [0, 0.1) is 5.82 Å². The fourth-order valence-electron chi connectivity index (χ4n) is 2.73. The Labute approximate surface area is 130 Å². The zero-order valence-electron chi connectivity index (χ0n) is 11.2. The molecule has 20 heavy (non-hydrogen) atoms. The van der Waals surface area contributed by atoms with Crippen LogP contribution in [-0.2, 0) is 6.42 Å². The fraction of sp³-hybridized carbons (Fsp3) is 0.400. The van der Waals surface area contributed by atoms with Gasteiger partial charge in [-0.05, 0) is 44.5 Å². The third-order valence-corrected chi connectivity index (χ3v) is 5.54. The van der Waals surface area contributed by atoms with E-state index < -0.39 is 0 Å². The quantitative estimate of drug-likeness (QED) is 0.885. The summed E-state index contributed by atoms with van der Waals surface area (Å²) in [6.07, 6.45) is 3.49. The van der Waals surface area contributed by atoms with Crippen molar-refractivity contribution in [1.82, 2.24) is 10.3 Å². The van der Waals surface area contributed by atoms with Gasteiger partial charge in [0.2, 0.25) is 0 Å². The number of benzene rings is 1. The van der Waals surface area contributed by atoms with Crippen molar-refractivity contribution in [2.24, 2.45) is 0 Å². The van der Waals surface area contributed by atoms with E-state index in [0.717, 1.165) is 28.0 Å². The molecule has 2 nitrogen and oxygen atoms in total. The molecule has 1 aliphatic rings. The van der Waals surface area contributed by atoms with E-state index in [4.69, 9.17) is 4.98 Å². The monoisotopic (exact) mass is 354 g/mol. The molecule has 0 amide bonds. The van der Waals surface area contributed by atoms with Crippen molar-refractivity contribution in [1.29, 1.82) is 0 Å². The molecule has 1 N–H and O–H groups in total. The molecule has 3 rings (SSSR count). The van der Waals surface area contributed by atoms with Crippen molar-refractivity contribution >= 4 is 27.3 Å². The van der Waals surface area contributed by atoms with Gasteiger partial charge in [-0.15, -0.1) is 11.3 Å². The summed E-state index contributed by atoms with van der Waals surface area (Å²) in [5, 5.41) is 4.16. The Kier molecular flexibility index (Phi) is 4.19. The van der Waals surface area contributed by atoms with Gasteiger partial charge in [-0.25, -0.2) is 9.37 Å². The molecule has 5 heteroatoms. The third kappa shape index (κ3) is 2.67. The van der Waals surface area contributed by atoms with Gasteiger partial charge in [0, 0.05) is 27.4 Å². The van der Waals surface area contributed by atoms with Crippen LogP contribution >= 0.6 is 27.3 Å². The van der Waals surface area contributed by atoms with E-state index in [1.165, 1.54) is 29.5 Å². The van der Waals surface area contributed by atoms with Gasteiger partial charge >= 0.3 is 0 Å². The average Bonchev–Trinajstić information content (AvgIpc) is 2.87. The largest absolute Gasteiger partial charge is 0.319 e. The molecule has 1 aromatic carbocycles. The number of nitrogens with one attached hydrogen (secondary N) is 1. The molecule has 0 spiro atoms. The highest BCUT2D eigenvalue weighted by molar-refractivity contribution is 9.10. The van der Waals surface area contributed by atoms with Crippen LogP contribution < -0.4 is 5.32 Å². The number of likely N-dealkylation sites (N-methyl/N-ethyl adjacent to an activating group) is 1. The third-order valence-electron chi connectivity index (χ3n) is 3.68. The highest BCUT2D eigenvalue weighted by atomic mass is 79.9. The Morgan fingerprint density at radius 2 is 2.35 bits per heavy atom. The topological polar surface area (TPSA) is 24.9 Å². The van der Waals surface area contributed by atoms with Crippen molar-refractivity contribution < 1.29 is 4.39 Å². The van der Waals surface area contributed by atoms with Crippen molar-refractivity contribution in [3.8, 4) is 10.6 Å². The molecule has 2 aromatic rings. The van der Waals surface area contributed by atoms with Gasteiger partial charge in [0.25, 0.3) is 0 Å². The van der Waals surface area contributed by atoms with Crippen LogP contribution in [0.5, 0.6) is 0 Å². The van der Waals surface area contributed by atoms with Gasteiger partial charge in [0.05, 0.1) is 5.69 Å². The molecule has 1 aromatic heterocycles. The van der Waals surface area contributed by atoms with Gasteiger partial charge < -0.3 is 5.32 Å². The average molecular weight is 355 g/mol. The number of hydrogen-bond donors (Lipinski definition) is 1. The molecular formula is C15H16BrFN2S. The summed E-state index contributed by atoms with van der Waals surface area (Å²) in [5.41, 5.74) is 2.06. The number of nitrogens with zero attached hydrogens (tertiary/aromatic N) is 1. The van der Waals surface area contributed by atoms with Crippen LogP contribution in [0.3, 0.4) is 0 Å².